The molecule has 0 radical (unpaired) electrons. The predicted molar refractivity (Wildman–Crippen MR) is 286 cm³/mol. The molecule has 6 aliphatic rings. The smallest absolute Gasteiger partial charge is 0.325 e. The fourth-order valence-electron chi connectivity index (χ4n) is 11.3. The molecule has 0 unspecified atom stereocenters. The Morgan fingerprint density at radius 1 is 0.535 bits per heavy atom. The quantitative estimate of drug-likeness (QED) is 0.0735. The molecule has 71 heavy (non-hydrogen) atoms. The van der Waals surface area contributed by atoms with Gasteiger partial charge in [-0.3, -0.25) is 29.4 Å². The molecule has 10 rings (SSSR count). The van der Waals surface area contributed by atoms with Gasteiger partial charge < -0.3 is 19.7 Å². The van der Waals surface area contributed by atoms with E-state index in [0.29, 0.717) is 13.1 Å². The Morgan fingerprint density at radius 2 is 0.944 bits per heavy atom. The van der Waals surface area contributed by atoms with E-state index >= 15 is 0 Å². The van der Waals surface area contributed by atoms with Crippen LogP contribution in [0.25, 0.3) is 0 Å². The second-order valence-electron chi connectivity index (χ2n) is 20.9. The summed E-state index contributed by atoms with van der Waals surface area (Å²) in [5.74, 6) is -0.0218. The summed E-state index contributed by atoms with van der Waals surface area (Å²) >= 11 is 0. The van der Waals surface area contributed by atoms with Crippen molar-refractivity contribution < 1.29 is 29.3 Å². The van der Waals surface area contributed by atoms with E-state index in [9.17, 15) is 19.8 Å². The summed E-state index contributed by atoms with van der Waals surface area (Å²) in [6.07, 6.45) is 25.1. The molecule has 2 aromatic heterocycles. The number of carbonyl (C=O) groups is 2. The van der Waals surface area contributed by atoms with Gasteiger partial charge in [0.2, 0.25) is 0 Å². The second-order valence-corrected chi connectivity index (χ2v) is 20.9. The molecule has 2 saturated heterocycles. The summed E-state index contributed by atoms with van der Waals surface area (Å²) < 4.78 is 12.4. The van der Waals surface area contributed by atoms with Crippen LogP contribution in [0.1, 0.15) is 180 Å². The Labute approximate surface area is 427 Å². The van der Waals surface area contributed by atoms with Crippen molar-refractivity contribution in [3.05, 3.63) is 129 Å². The number of aliphatic carboxylic acids is 2. The Kier molecular flexibility index (Phi) is 21.7. The molecule has 4 fully saturated rings. The average molecular weight is 973 g/mol. The summed E-state index contributed by atoms with van der Waals surface area (Å²) in [7, 11) is 0. The van der Waals surface area contributed by atoms with E-state index in [2.05, 4.69) is 46.2 Å². The summed E-state index contributed by atoms with van der Waals surface area (Å²) in [6.45, 7) is 4.41. The van der Waals surface area contributed by atoms with Gasteiger partial charge in [-0.15, -0.1) is 0 Å². The fourth-order valence-corrected chi connectivity index (χ4v) is 11.3. The maximum Gasteiger partial charge on any atom is 0.325 e. The number of likely N-dealkylation sites (tertiary alicyclic amines) is 2. The monoisotopic (exact) mass is 973 g/mol. The normalized spacial score (nSPS) is 20.5. The first-order chi connectivity index (χ1) is 33.3. The fraction of sp³-hybridized carbons (Fsp3) is 0.607. The molecular formula is C61H88N4O6. The van der Waals surface area contributed by atoms with E-state index in [0.717, 1.165) is 126 Å². The van der Waals surface area contributed by atoms with Crippen molar-refractivity contribution in [2.24, 2.45) is 11.8 Å². The second kappa shape index (κ2) is 27.5. The largest absolute Gasteiger partial charge is 0.480 e. The Morgan fingerprint density at radius 3 is 1.35 bits per heavy atom. The number of ether oxygens (including phenoxy) is 2. The molecule has 0 bridgehead atoms. The molecule has 388 valence electrons. The van der Waals surface area contributed by atoms with Crippen molar-refractivity contribution in [3.63, 3.8) is 0 Å². The predicted octanol–water partition coefficient (Wildman–Crippen LogP) is 12.2. The lowest BCUT2D eigenvalue weighted by Crippen LogP contribution is -2.34. The zero-order valence-electron chi connectivity index (χ0n) is 40.5. The van der Waals surface area contributed by atoms with E-state index < -0.39 is 24.0 Å². The molecule has 0 amide bonds. The number of carboxylic acid groups (broad SMARTS) is 2. The molecule has 2 aromatic carbocycles. The molecule has 0 spiro atoms. The summed E-state index contributed by atoms with van der Waals surface area (Å²) in [5.41, 5.74) is 12.3. The molecule has 4 aromatic rings. The molecular weight excluding hydrogens is 885 g/mol. The summed E-state index contributed by atoms with van der Waals surface area (Å²) in [6, 6.07) is 24.1. The first-order valence-electron chi connectivity index (χ1n) is 26.6. The third-order valence-corrected chi connectivity index (χ3v) is 15.5. The Bertz CT molecular complexity index is 2130. The number of aromatic nitrogens is 2. The number of aryl methyl sites for hydroxylation is 6. The van der Waals surface area contributed by atoms with Crippen LogP contribution in [0.3, 0.4) is 0 Å². The highest BCUT2D eigenvalue weighted by atomic mass is 16.5. The van der Waals surface area contributed by atoms with E-state index in [4.69, 9.17) is 19.4 Å². The minimum atomic E-state index is -0.749. The number of rotatable bonds is 22. The van der Waals surface area contributed by atoms with Crippen LogP contribution < -0.4 is 0 Å². The Hall–Kier alpha value is -4.48. The minimum Gasteiger partial charge on any atom is -0.480 e. The lowest BCUT2D eigenvalue weighted by atomic mass is 9.95. The average Bonchev–Trinajstić information content (AvgIpc) is 4.27. The van der Waals surface area contributed by atoms with Gasteiger partial charge in [0.15, 0.2) is 0 Å². The summed E-state index contributed by atoms with van der Waals surface area (Å²) in [5, 5.41) is 20.2. The van der Waals surface area contributed by atoms with Crippen LogP contribution in [-0.2, 0) is 70.4 Å². The SMILES string of the molecule is C.C.C.O=C(O)[C@@H](c1ccccc1CC1CC1)N1CC[C@@H](OCCCCc2ccc3c(n2)CCCC3)C1.O=C(O)[C@H](c1ccccc1CC1CC1)N1CC[C@@H](OCCCCc2ccc3c(n2)CCCC3)C1. The van der Waals surface area contributed by atoms with Crippen molar-refractivity contribution in [2.45, 2.75) is 188 Å². The maximum absolute atomic E-state index is 12.3. The topological polar surface area (TPSA) is 125 Å². The highest BCUT2D eigenvalue weighted by Gasteiger charge is 2.37. The van der Waals surface area contributed by atoms with Gasteiger partial charge in [-0.05, 0) is 199 Å². The van der Waals surface area contributed by atoms with Crippen LogP contribution in [0.4, 0.5) is 0 Å². The number of fused-ring (bicyclic) bond motifs is 2. The number of pyridine rings is 2. The van der Waals surface area contributed by atoms with Gasteiger partial charge >= 0.3 is 11.9 Å². The van der Waals surface area contributed by atoms with Gasteiger partial charge in [0.25, 0.3) is 0 Å². The molecule has 4 heterocycles. The molecule has 10 nitrogen and oxygen atoms in total. The van der Waals surface area contributed by atoms with Gasteiger partial charge in [0.05, 0.1) is 12.2 Å². The number of benzene rings is 2. The molecule has 2 aliphatic heterocycles. The van der Waals surface area contributed by atoms with Crippen molar-refractivity contribution in [1.82, 2.24) is 19.8 Å². The van der Waals surface area contributed by atoms with E-state index in [1.54, 1.807) is 0 Å². The van der Waals surface area contributed by atoms with Crippen LogP contribution in [0, 0.1) is 11.8 Å². The van der Waals surface area contributed by atoms with Gasteiger partial charge in [0, 0.05) is 62.2 Å². The molecule has 4 atom stereocenters. The summed E-state index contributed by atoms with van der Waals surface area (Å²) in [4.78, 5) is 38.6. The van der Waals surface area contributed by atoms with Crippen molar-refractivity contribution >= 4 is 11.9 Å². The van der Waals surface area contributed by atoms with Crippen LogP contribution >= 0.6 is 0 Å². The van der Waals surface area contributed by atoms with Crippen molar-refractivity contribution in [1.29, 1.82) is 0 Å². The highest BCUT2D eigenvalue weighted by molar-refractivity contribution is 5.77. The minimum absolute atomic E-state index is 0. The van der Waals surface area contributed by atoms with Gasteiger partial charge in [-0.2, -0.15) is 0 Å². The van der Waals surface area contributed by atoms with Crippen LogP contribution in [0.15, 0.2) is 72.8 Å². The zero-order chi connectivity index (χ0) is 46.7. The first-order valence-corrected chi connectivity index (χ1v) is 26.6. The molecule has 10 heteroatoms. The van der Waals surface area contributed by atoms with Crippen molar-refractivity contribution in [2.75, 3.05) is 39.4 Å². The first kappa shape index (κ1) is 55.8. The van der Waals surface area contributed by atoms with Crippen LogP contribution in [-0.4, -0.2) is 93.5 Å². The molecule has 2 saturated carbocycles. The third kappa shape index (κ3) is 15.8. The number of hydrogen-bond donors (Lipinski definition) is 2. The van der Waals surface area contributed by atoms with E-state index in [1.807, 2.05) is 36.4 Å². The molecule has 4 aliphatic carbocycles. The number of nitrogens with zero attached hydrogens (tertiary/aromatic N) is 4. The van der Waals surface area contributed by atoms with Crippen LogP contribution in [0.5, 0.6) is 0 Å². The van der Waals surface area contributed by atoms with E-state index in [1.165, 1.54) is 109 Å². The standard InChI is InChI=1S/2C29H38N2O3.3CH4/c2*32-29(33)28(26-10-3-1-8-23(26)19-21-12-13-21)31-17-16-25(20-31)34-18-6-5-9-24-15-14-22-7-2-4-11-27(22)30-24;;;/h2*1,3,8,10,14-15,21,25,28H,2,4-7,9,11-13,16-20H2,(H,32,33);3*1H4/t25-,28+;25-,28-;;;/m11.../s1. The number of carboxylic acids is 2. The molecule has 2 N–H and O–H groups in total. The number of unbranched alkanes of at least 4 members (excludes halogenated alkanes) is 2. The highest BCUT2D eigenvalue weighted by Crippen LogP contribution is 2.38. The van der Waals surface area contributed by atoms with E-state index in [-0.39, 0.29) is 34.5 Å². The lowest BCUT2D eigenvalue weighted by molar-refractivity contribution is -0.144. The Balaban J connectivity index is 0.000000223. The van der Waals surface area contributed by atoms with Gasteiger partial charge in [-0.25, -0.2) is 0 Å². The maximum atomic E-state index is 12.3. The zero-order valence-corrected chi connectivity index (χ0v) is 40.5. The van der Waals surface area contributed by atoms with Gasteiger partial charge in [0.1, 0.15) is 12.1 Å². The van der Waals surface area contributed by atoms with Crippen molar-refractivity contribution in [3.8, 4) is 0 Å². The number of hydrogen-bond acceptors (Lipinski definition) is 8. The van der Waals surface area contributed by atoms with Crippen LogP contribution in [0.2, 0.25) is 0 Å². The lowest BCUT2D eigenvalue weighted by Gasteiger charge is -2.26. The van der Waals surface area contributed by atoms with Gasteiger partial charge in [-0.1, -0.05) is 82.9 Å². The third-order valence-electron chi connectivity index (χ3n) is 15.5.